The molecule has 5 heteroatoms. The number of rotatable bonds is 4. The van der Waals surface area contributed by atoms with Crippen molar-refractivity contribution in [3.63, 3.8) is 0 Å². The zero-order valence-corrected chi connectivity index (χ0v) is 13.9. The van der Waals surface area contributed by atoms with Crippen molar-refractivity contribution in [2.75, 3.05) is 5.43 Å². The third kappa shape index (κ3) is 3.26. The molecule has 0 unspecified atom stereocenters. The molecule has 0 bridgehead atoms. The van der Waals surface area contributed by atoms with Gasteiger partial charge in [0.15, 0.2) is 18.2 Å². The fourth-order valence-corrected chi connectivity index (χ4v) is 2.75. The Morgan fingerprint density at radius 1 is 0.840 bits per heavy atom. The summed E-state index contributed by atoms with van der Waals surface area (Å²) >= 11 is 0. The van der Waals surface area contributed by atoms with Crippen LogP contribution in [-0.4, -0.2) is 14.8 Å². The monoisotopic (exact) mass is 328 g/mol. The lowest BCUT2D eigenvalue weighted by Crippen LogP contribution is -2.41. The average molecular weight is 328 g/mol. The highest BCUT2D eigenvalue weighted by atomic mass is 15.4. The lowest BCUT2D eigenvalue weighted by Gasteiger charge is -2.05. The summed E-state index contributed by atoms with van der Waals surface area (Å²) in [7, 11) is 1.94. The first-order chi connectivity index (χ1) is 12.3. The second kappa shape index (κ2) is 6.57. The van der Waals surface area contributed by atoms with Crippen LogP contribution in [-0.2, 0) is 7.05 Å². The molecule has 0 aliphatic carbocycles. The third-order valence-corrected chi connectivity index (χ3v) is 4.03. The summed E-state index contributed by atoms with van der Waals surface area (Å²) in [5.74, 6) is 0.841. The van der Waals surface area contributed by atoms with Crippen molar-refractivity contribution in [1.29, 1.82) is 0 Å². The molecule has 0 amide bonds. The van der Waals surface area contributed by atoms with Crippen molar-refractivity contribution in [1.82, 2.24) is 14.8 Å². The standard InChI is InChI=1S/C20H18N5/c1-24-15-21-22-20(24)18-8-5-9-19(14-18)23-25-12-10-17(11-13-25)16-6-3-2-4-7-16/h2-15,23H,1H3/q+1. The molecule has 2 heterocycles. The van der Waals surface area contributed by atoms with Crippen LogP contribution in [0.1, 0.15) is 0 Å². The van der Waals surface area contributed by atoms with E-state index in [1.54, 1.807) is 6.33 Å². The van der Waals surface area contributed by atoms with Crippen LogP contribution in [0.5, 0.6) is 0 Å². The zero-order chi connectivity index (χ0) is 17.1. The molecule has 0 spiro atoms. The molecule has 122 valence electrons. The quantitative estimate of drug-likeness (QED) is 0.585. The Balaban J connectivity index is 1.56. The lowest BCUT2D eigenvalue weighted by atomic mass is 10.1. The van der Waals surface area contributed by atoms with Gasteiger partial charge < -0.3 is 4.57 Å². The molecule has 0 saturated carbocycles. The van der Waals surface area contributed by atoms with Crippen LogP contribution in [0.2, 0.25) is 0 Å². The van der Waals surface area contributed by atoms with Gasteiger partial charge in [-0.15, -0.1) is 10.2 Å². The zero-order valence-electron chi connectivity index (χ0n) is 13.9. The van der Waals surface area contributed by atoms with E-state index in [-0.39, 0.29) is 0 Å². The number of nitrogens with zero attached hydrogens (tertiary/aromatic N) is 4. The summed E-state index contributed by atoms with van der Waals surface area (Å²) in [6, 6.07) is 22.6. The van der Waals surface area contributed by atoms with Crippen LogP contribution in [0.4, 0.5) is 5.69 Å². The van der Waals surface area contributed by atoms with E-state index in [0.717, 1.165) is 17.1 Å². The Labute approximate surface area is 146 Å². The number of hydrogen-bond donors (Lipinski definition) is 1. The second-order valence-corrected chi connectivity index (χ2v) is 5.82. The predicted octanol–water partition coefficient (Wildman–Crippen LogP) is 3.31. The molecule has 5 nitrogen and oxygen atoms in total. The fourth-order valence-electron chi connectivity index (χ4n) is 2.75. The van der Waals surface area contributed by atoms with Gasteiger partial charge in [0.25, 0.3) is 0 Å². The Hall–Kier alpha value is -3.47. The highest BCUT2D eigenvalue weighted by molar-refractivity contribution is 5.63. The maximum Gasteiger partial charge on any atom is 0.200 e. The summed E-state index contributed by atoms with van der Waals surface area (Å²) in [4.78, 5) is 0. The maximum atomic E-state index is 4.16. The van der Waals surface area contributed by atoms with E-state index in [2.05, 4.69) is 46.0 Å². The number of aromatic nitrogens is 4. The van der Waals surface area contributed by atoms with Gasteiger partial charge in [0.05, 0.1) is 5.69 Å². The lowest BCUT2D eigenvalue weighted by molar-refractivity contribution is -0.642. The highest BCUT2D eigenvalue weighted by Gasteiger charge is 2.08. The van der Waals surface area contributed by atoms with Crippen LogP contribution in [0.25, 0.3) is 22.5 Å². The topological polar surface area (TPSA) is 46.6 Å². The Morgan fingerprint density at radius 2 is 1.56 bits per heavy atom. The Bertz CT molecular complexity index is 974. The summed E-state index contributed by atoms with van der Waals surface area (Å²) < 4.78 is 3.84. The number of aryl methyl sites for hydroxylation is 1. The minimum absolute atomic E-state index is 0.841. The van der Waals surface area contributed by atoms with E-state index in [1.807, 2.05) is 65.1 Å². The number of anilines is 1. The molecule has 2 aromatic heterocycles. The molecule has 0 saturated heterocycles. The van der Waals surface area contributed by atoms with Crippen LogP contribution in [0.3, 0.4) is 0 Å². The number of benzene rings is 2. The molecule has 4 aromatic rings. The largest absolute Gasteiger partial charge is 0.317 e. The van der Waals surface area contributed by atoms with Gasteiger partial charge in [-0.3, -0.25) is 0 Å². The van der Waals surface area contributed by atoms with Crippen LogP contribution in [0.15, 0.2) is 85.5 Å². The van der Waals surface area contributed by atoms with Gasteiger partial charge in [0.1, 0.15) is 6.33 Å². The minimum Gasteiger partial charge on any atom is -0.317 e. The van der Waals surface area contributed by atoms with Crippen molar-refractivity contribution in [3.05, 3.63) is 85.5 Å². The number of pyridine rings is 1. The van der Waals surface area contributed by atoms with Crippen LogP contribution >= 0.6 is 0 Å². The highest BCUT2D eigenvalue weighted by Crippen LogP contribution is 2.20. The van der Waals surface area contributed by atoms with E-state index in [1.165, 1.54) is 11.1 Å². The Kier molecular flexibility index (Phi) is 3.96. The van der Waals surface area contributed by atoms with Gasteiger partial charge in [0, 0.05) is 24.7 Å². The van der Waals surface area contributed by atoms with Crippen molar-refractivity contribution in [2.24, 2.45) is 7.05 Å². The van der Waals surface area contributed by atoms with Crippen molar-refractivity contribution < 1.29 is 4.68 Å². The van der Waals surface area contributed by atoms with Gasteiger partial charge in [0.2, 0.25) is 0 Å². The number of nitrogens with one attached hydrogen (secondary N) is 1. The van der Waals surface area contributed by atoms with Crippen LogP contribution in [0, 0.1) is 0 Å². The summed E-state index contributed by atoms with van der Waals surface area (Å²) in [6.07, 6.45) is 5.72. The summed E-state index contributed by atoms with van der Waals surface area (Å²) in [5, 5.41) is 8.10. The van der Waals surface area contributed by atoms with E-state index >= 15 is 0 Å². The molecule has 0 aliphatic rings. The molecule has 1 N–H and O–H groups in total. The van der Waals surface area contributed by atoms with Crippen molar-refractivity contribution in [2.45, 2.75) is 0 Å². The Morgan fingerprint density at radius 3 is 2.28 bits per heavy atom. The SMILES string of the molecule is Cn1cnnc1-c1cccc(N[n+]2ccc(-c3ccccc3)cc2)c1. The van der Waals surface area contributed by atoms with Crippen molar-refractivity contribution in [3.8, 4) is 22.5 Å². The first-order valence-electron chi connectivity index (χ1n) is 8.08. The number of hydrogen-bond acceptors (Lipinski definition) is 3. The molecule has 0 aliphatic heterocycles. The molecule has 4 rings (SSSR count). The van der Waals surface area contributed by atoms with Gasteiger partial charge in [-0.1, -0.05) is 47.1 Å². The van der Waals surface area contributed by atoms with Crippen molar-refractivity contribution >= 4 is 5.69 Å². The fraction of sp³-hybridized carbons (Fsp3) is 0.0500. The van der Waals surface area contributed by atoms with E-state index in [0.29, 0.717) is 0 Å². The molecular formula is C20H18N5+. The average Bonchev–Trinajstić information content (AvgIpc) is 3.09. The van der Waals surface area contributed by atoms with E-state index in [4.69, 9.17) is 0 Å². The maximum absolute atomic E-state index is 4.16. The smallest absolute Gasteiger partial charge is 0.200 e. The molecule has 0 radical (unpaired) electrons. The summed E-state index contributed by atoms with van der Waals surface area (Å²) in [5.41, 5.74) is 7.76. The summed E-state index contributed by atoms with van der Waals surface area (Å²) in [6.45, 7) is 0. The molecule has 25 heavy (non-hydrogen) atoms. The molecule has 0 atom stereocenters. The third-order valence-electron chi connectivity index (χ3n) is 4.03. The normalized spacial score (nSPS) is 10.6. The van der Waals surface area contributed by atoms with Gasteiger partial charge >= 0.3 is 0 Å². The predicted molar refractivity (Wildman–Crippen MR) is 97.5 cm³/mol. The van der Waals surface area contributed by atoms with Gasteiger partial charge in [-0.05, 0) is 23.3 Å². The van der Waals surface area contributed by atoms with E-state index in [9.17, 15) is 0 Å². The minimum atomic E-state index is 0.841. The van der Waals surface area contributed by atoms with Crippen LogP contribution < -0.4 is 10.1 Å². The first kappa shape index (κ1) is 15.1. The second-order valence-electron chi connectivity index (χ2n) is 5.82. The first-order valence-corrected chi connectivity index (χ1v) is 8.08. The molecule has 2 aromatic carbocycles. The van der Waals surface area contributed by atoms with Gasteiger partial charge in [-0.2, -0.15) is 5.43 Å². The van der Waals surface area contributed by atoms with E-state index < -0.39 is 0 Å². The molecular weight excluding hydrogens is 310 g/mol. The van der Waals surface area contributed by atoms with Gasteiger partial charge in [-0.25, -0.2) is 0 Å². The molecule has 0 fully saturated rings.